The van der Waals surface area contributed by atoms with E-state index in [9.17, 15) is 9.90 Å². The van der Waals surface area contributed by atoms with E-state index in [0.717, 1.165) is 0 Å². The van der Waals surface area contributed by atoms with Crippen LogP contribution in [0, 0.1) is 0 Å². The van der Waals surface area contributed by atoms with Gasteiger partial charge in [-0.2, -0.15) is 0 Å². The lowest BCUT2D eigenvalue weighted by molar-refractivity contribution is -0.117. The molecule has 1 aromatic rings. The van der Waals surface area contributed by atoms with Gasteiger partial charge in [0.2, 0.25) is 5.91 Å². The molecular weight excluding hydrogens is 263 g/mol. The molecule has 0 spiro atoms. The first-order valence-electron chi connectivity index (χ1n) is 5.23. The third-order valence-corrected chi connectivity index (χ3v) is 3.18. The SMILES string of the molecule is O=C(Nc1cc(Cl)ccc1Cl)C1CC(O)CN1. The van der Waals surface area contributed by atoms with Crippen molar-refractivity contribution in [3.05, 3.63) is 28.2 Å². The quantitative estimate of drug-likeness (QED) is 0.769. The van der Waals surface area contributed by atoms with Crippen LogP contribution in [0.5, 0.6) is 0 Å². The zero-order valence-electron chi connectivity index (χ0n) is 8.91. The van der Waals surface area contributed by atoms with E-state index in [1.165, 1.54) is 0 Å². The summed E-state index contributed by atoms with van der Waals surface area (Å²) < 4.78 is 0. The molecule has 6 heteroatoms. The van der Waals surface area contributed by atoms with Gasteiger partial charge in [-0.05, 0) is 24.6 Å². The molecule has 1 aliphatic rings. The van der Waals surface area contributed by atoms with Crippen LogP contribution in [-0.4, -0.2) is 29.7 Å². The van der Waals surface area contributed by atoms with E-state index in [-0.39, 0.29) is 11.9 Å². The predicted octanol–water partition coefficient (Wildman–Crippen LogP) is 1.65. The number of hydrogen-bond donors (Lipinski definition) is 3. The zero-order chi connectivity index (χ0) is 12.4. The first-order chi connectivity index (χ1) is 8.06. The number of rotatable bonds is 2. The van der Waals surface area contributed by atoms with Gasteiger partial charge in [0.05, 0.1) is 22.9 Å². The van der Waals surface area contributed by atoms with Crippen molar-refractivity contribution in [1.29, 1.82) is 0 Å². The van der Waals surface area contributed by atoms with Crippen LogP contribution in [0.2, 0.25) is 10.0 Å². The number of hydrogen-bond acceptors (Lipinski definition) is 3. The van der Waals surface area contributed by atoms with Gasteiger partial charge < -0.3 is 15.7 Å². The number of benzene rings is 1. The van der Waals surface area contributed by atoms with E-state index in [1.54, 1.807) is 18.2 Å². The van der Waals surface area contributed by atoms with Gasteiger partial charge in [0.15, 0.2) is 0 Å². The molecule has 0 aromatic heterocycles. The topological polar surface area (TPSA) is 61.4 Å². The van der Waals surface area contributed by atoms with E-state index in [2.05, 4.69) is 10.6 Å². The Balaban J connectivity index is 2.05. The van der Waals surface area contributed by atoms with Crippen LogP contribution in [0.3, 0.4) is 0 Å². The molecule has 1 heterocycles. The second-order valence-corrected chi connectivity index (χ2v) is 4.81. The normalized spacial score (nSPS) is 23.7. The minimum absolute atomic E-state index is 0.217. The Bertz CT molecular complexity index is 439. The molecule has 1 aromatic carbocycles. The maximum absolute atomic E-state index is 11.8. The number of halogens is 2. The number of anilines is 1. The van der Waals surface area contributed by atoms with Crippen molar-refractivity contribution >= 4 is 34.8 Å². The summed E-state index contributed by atoms with van der Waals surface area (Å²) in [6.07, 6.45) is -0.0649. The van der Waals surface area contributed by atoms with Crippen molar-refractivity contribution in [2.24, 2.45) is 0 Å². The first kappa shape index (κ1) is 12.6. The second kappa shape index (κ2) is 5.23. The van der Waals surface area contributed by atoms with Gasteiger partial charge in [-0.3, -0.25) is 4.79 Å². The lowest BCUT2D eigenvalue weighted by Gasteiger charge is -2.12. The van der Waals surface area contributed by atoms with Crippen LogP contribution in [0.4, 0.5) is 5.69 Å². The van der Waals surface area contributed by atoms with Crippen molar-refractivity contribution in [2.75, 3.05) is 11.9 Å². The zero-order valence-corrected chi connectivity index (χ0v) is 10.4. The van der Waals surface area contributed by atoms with Crippen molar-refractivity contribution in [2.45, 2.75) is 18.6 Å². The van der Waals surface area contributed by atoms with Crippen molar-refractivity contribution in [1.82, 2.24) is 5.32 Å². The van der Waals surface area contributed by atoms with Gasteiger partial charge >= 0.3 is 0 Å². The Kier molecular flexibility index (Phi) is 3.89. The van der Waals surface area contributed by atoms with E-state index in [4.69, 9.17) is 23.2 Å². The highest BCUT2D eigenvalue weighted by molar-refractivity contribution is 6.35. The molecule has 3 N–H and O–H groups in total. The Morgan fingerprint density at radius 2 is 2.24 bits per heavy atom. The number of nitrogens with one attached hydrogen (secondary N) is 2. The fourth-order valence-corrected chi connectivity index (χ4v) is 2.07. The molecule has 4 nitrogen and oxygen atoms in total. The molecule has 1 saturated heterocycles. The average Bonchev–Trinajstić information content (AvgIpc) is 2.70. The molecule has 2 rings (SSSR count). The Hall–Kier alpha value is -0.810. The van der Waals surface area contributed by atoms with Gasteiger partial charge in [0.1, 0.15) is 0 Å². The molecule has 17 heavy (non-hydrogen) atoms. The predicted molar refractivity (Wildman–Crippen MR) is 67.5 cm³/mol. The van der Waals surface area contributed by atoms with Gasteiger partial charge in [0, 0.05) is 11.6 Å². The molecule has 1 aliphatic heterocycles. The minimum atomic E-state index is -0.472. The summed E-state index contributed by atoms with van der Waals surface area (Å²) in [5.41, 5.74) is 0.479. The van der Waals surface area contributed by atoms with Crippen LogP contribution in [-0.2, 0) is 4.79 Å². The van der Waals surface area contributed by atoms with E-state index in [1.807, 2.05) is 0 Å². The third kappa shape index (κ3) is 3.10. The second-order valence-electron chi connectivity index (χ2n) is 3.96. The van der Waals surface area contributed by atoms with Crippen LogP contribution in [0.15, 0.2) is 18.2 Å². The highest BCUT2D eigenvalue weighted by atomic mass is 35.5. The minimum Gasteiger partial charge on any atom is -0.392 e. The van der Waals surface area contributed by atoms with Crippen LogP contribution in [0.25, 0.3) is 0 Å². The molecule has 0 bridgehead atoms. The lowest BCUT2D eigenvalue weighted by atomic mass is 10.2. The summed E-state index contributed by atoms with van der Waals surface area (Å²) in [5, 5.41) is 15.9. The molecule has 2 unspecified atom stereocenters. The Morgan fingerprint density at radius 1 is 1.47 bits per heavy atom. The Labute approximate surface area is 109 Å². The number of aliphatic hydroxyl groups excluding tert-OH is 1. The van der Waals surface area contributed by atoms with Gasteiger partial charge in [0.25, 0.3) is 0 Å². The average molecular weight is 275 g/mol. The molecule has 0 aliphatic carbocycles. The standard InChI is InChI=1S/C11H12Cl2N2O2/c12-6-1-2-8(13)9(3-6)15-11(17)10-4-7(16)5-14-10/h1-3,7,10,14,16H,4-5H2,(H,15,17). The highest BCUT2D eigenvalue weighted by Gasteiger charge is 2.28. The fraction of sp³-hybridized carbons (Fsp3) is 0.364. The first-order valence-corrected chi connectivity index (χ1v) is 5.99. The fourth-order valence-electron chi connectivity index (χ4n) is 1.73. The van der Waals surface area contributed by atoms with Crippen molar-refractivity contribution in [3.8, 4) is 0 Å². The largest absolute Gasteiger partial charge is 0.392 e. The van der Waals surface area contributed by atoms with Crippen molar-refractivity contribution in [3.63, 3.8) is 0 Å². The molecule has 0 radical (unpaired) electrons. The van der Waals surface area contributed by atoms with E-state index in [0.29, 0.717) is 28.7 Å². The molecular formula is C11H12Cl2N2O2. The summed E-state index contributed by atoms with van der Waals surface area (Å²) in [6.45, 7) is 0.432. The number of aliphatic hydroxyl groups is 1. The monoisotopic (exact) mass is 274 g/mol. The van der Waals surface area contributed by atoms with Crippen LogP contribution >= 0.6 is 23.2 Å². The third-order valence-electron chi connectivity index (χ3n) is 2.61. The van der Waals surface area contributed by atoms with Crippen LogP contribution < -0.4 is 10.6 Å². The smallest absolute Gasteiger partial charge is 0.241 e. The summed E-state index contributed by atoms with van der Waals surface area (Å²) in [4.78, 5) is 11.8. The number of carbonyl (C=O) groups is 1. The summed E-state index contributed by atoms with van der Waals surface area (Å²) >= 11 is 11.8. The molecule has 92 valence electrons. The van der Waals surface area contributed by atoms with Crippen molar-refractivity contribution < 1.29 is 9.90 Å². The van der Waals surface area contributed by atoms with Gasteiger partial charge in [-0.1, -0.05) is 23.2 Å². The number of carbonyl (C=O) groups excluding carboxylic acids is 1. The van der Waals surface area contributed by atoms with E-state index < -0.39 is 6.10 Å². The highest BCUT2D eigenvalue weighted by Crippen LogP contribution is 2.25. The summed E-state index contributed by atoms with van der Waals surface area (Å²) in [5.74, 6) is -0.217. The maximum Gasteiger partial charge on any atom is 0.241 e. The lowest BCUT2D eigenvalue weighted by Crippen LogP contribution is -2.35. The molecule has 1 amide bonds. The summed E-state index contributed by atoms with van der Waals surface area (Å²) in [7, 11) is 0. The van der Waals surface area contributed by atoms with Crippen LogP contribution in [0.1, 0.15) is 6.42 Å². The number of β-amino-alcohol motifs (C(OH)–C–C–N with tert-alkyl or cyclic N) is 1. The molecule has 1 fully saturated rings. The van der Waals surface area contributed by atoms with E-state index >= 15 is 0 Å². The number of amides is 1. The Morgan fingerprint density at radius 3 is 2.88 bits per heavy atom. The summed E-state index contributed by atoms with van der Waals surface area (Å²) in [6, 6.07) is 4.47. The van der Waals surface area contributed by atoms with Gasteiger partial charge in [-0.25, -0.2) is 0 Å². The maximum atomic E-state index is 11.8. The molecule has 2 atom stereocenters. The van der Waals surface area contributed by atoms with Gasteiger partial charge in [-0.15, -0.1) is 0 Å². The molecule has 0 saturated carbocycles.